The Bertz CT molecular complexity index is 1640. The Labute approximate surface area is 254 Å². The monoisotopic (exact) mass is 627 g/mol. The van der Waals surface area contributed by atoms with E-state index in [1.807, 2.05) is 13.0 Å². The SMILES string of the molecule is CCOc1ccc(C2/C(=C(/O)c3ccccc3)C(=O)C(=O)N2c2nnc(SCc3ccc(Cl)cc3Cl)s2)cc1OC. The number of carbonyl (C=O) groups is 2. The lowest BCUT2D eigenvalue weighted by Gasteiger charge is -2.23. The van der Waals surface area contributed by atoms with Crippen LogP contribution in [0.25, 0.3) is 5.76 Å². The molecule has 2 heterocycles. The number of rotatable bonds is 9. The average Bonchev–Trinajstić information content (AvgIpc) is 3.55. The fraction of sp³-hybridized carbons (Fsp3) is 0.172. The van der Waals surface area contributed by atoms with Crippen LogP contribution in [0.5, 0.6) is 11.5 Å². The summed E-state index contributed by atoms with van der Waals surface area (Å²) in [5.74, 6) is -0.523. The summed E-state index contributed by atoms with van der Waals surface area (Å²) in [6.07, 6.45) is 0. The van der Waals surface area contributed by atoms with E-state index in [2.05, 4.69) is 10.2 Å². The number of ketones is 1. The average molecular weight is 629 g/mol. The third-order valence-corrected chi connectivity index (χ3v) is 8.95. The van der Waals surface area contributed by atoms with Crippen molar-refractivity contribution in [1.82, 2.24) is 10.2 Å². The van der Waals surface area contributed by atoms with Gasteiger partial charge in [-0.05, 0) is 42.3 Å². The highest BCUT2D eigenvalue weighted by Crippen LogP contribution is 2.45. The van der Waals surface area contributed by atoms with Gasteiger partial charge in [-0.15, -0.1) is 10.2 Å². The van der Waals surface area contributed by atoms with E-state index < -0.39 is 17.7 Å². The van der Waals surface area contributed by atoms with Crippen LogP contribution >= 0.6 is 46.3 Å². The Kier molecular flexibility index (Phi) is 8.84. The molecule has 12 heteroatoms. The molecule has 0 saturated carbocycles. The second-order valence-electron chi connectivity index (χ2n) is 8.75. The summed E-state index contributed by atoms with van der Waals surface area (Å²) < 4.78 is 11.7. The molecule has 1 amide bonds. The standard InChI is InChI=1S/C29H23Cl2N3O5S2/c1-3-39-21-12-10-17(13-22(21)38-2)24-23(25(35)16-7-5-4-6-8-16)26(36)27(37)34(24)28-32-33-29(41-28)40-15-18-9-11-19(30)14-20(18)31/h4-14,24,35H,3,15H2,1-2H3/b25-23-. The Hall–Kier alpha value is -3.57. The number of aliphatic hydroxyl groups is 1. The molecule has 41 heavy (non-hydrogen) atoms. The van der Waals surface area contributed by atoms with Crippen molar-refractivity contribution in [3.63, 3.8) is 0 Å². The van der Waals surface area contributed by atoms with Gasteiger partial charge in [0.15, 0.2) is 15.8 Å². The van der Waals surface area contributed by atoms with Crippen LogP contribution in [0.3, 0.4) is 0 Å². The molecule has 210 valence electrons. The van der Waals surface area contributed by atoms with Crippen LogP contribution in [0.2, 0.25) is 10.0 Å². The van der Waals surface area contributed by atoms with E-state index in [1.165, 1.54) is 23.8 Å². The topological polar surface area (TPSA) is 102 Å². The number of anilines is 1. The van der Waals surface area contributed by atoms with Gasteiger partial charge in [-0.2, -0.15) is 0 Å². The molecule has 0 radical (unpaired) electrons. The molecule has 3 aromatic carbocycles. The summed E-state index contributed by atoms with van der Waals surface area (Å²) in [6, 6.07) is 18.0. The zero-order valence-electron chi connectivity index (χ0n) is 21.8. The highest BCUT2D eigenvalue weighted by molar-refractivity contribution is 8.00. The number of amides is 1. The summed E-state index contributed by atoms with van der Waals surface area (Å²) in [5, 5.41) is 21.1. The normalized spacial score (nSPS) is 16.3. The second-order valence-corrected chi connectivity index (χ2v) is 11.8. The van der Waals surface area contributed by atoms with E-state index in [4.69, 9.17) is 32.7 Å². The van der Waals surface area contributed by atoms with Crippen LogP contribution in [0.15, 0.2) is 76.6 Å². The Morgan fingerprint density at radius 1 is 1.05 bits per heavy atom. The molecule has 1 saturated heterocycles. The van der Waals surface area contributed by atoms with Crippen molar-refractivity contribution in [3.05, 3.63) is 99.0 Å². The van der Waals surface area contributed by atoms with Gasteiger partial charge in [-0.25, -0.2) is 0 Å². The number of thioether (sulfide) groups is 1. The van der Waals surface area contributed by atoms with E-state index in [-0.39, 0.29) is 16.5 Å². The molecular formula is C29H23Cl2N3O5S2. The maximum atomic E-state index is 13.5. The van der Waals surface area contributed by atoms with Crippen molar-refractivity contribution in [1.29, 1.82) is 0 Å². The zero-order chi connectivity index (χ0) is 29.1. The smallest absolute Gasteiger partial charge is 0.301 e. The van der Waals surface area contributed by atoms with E-state index in [1.54, 1.807) is 60.7 Å². The molecule has 0 spiro atoms. The third-order valence-electron chi connectivity index (χ3n) is 6.26. The van der Waals surface area contributed by atoms with E-state index in [0.29, 0.717) is 49.4 Å². The summed E-state index contributed by atoms with van der Waals surface area (Å²) in [6.45, 7) is 2.28. The van der Waals surface area contributed by atoms with Crippen molar-refractivity contribution in [2.24, 2.45) is 0 Å². The van der Waals surface area contributed by atoms with Crippen molar-refractivity contribution >= 4 is 68.9 Å². The van der Waals surface area contributed by atoms with Gasteiger partial charge in [0, 0.05) is 21.4 Å². The molecule has 1 unspecified atom stereocenters. The molecule has 1 N–H and O–H groups in total. The minimum Gasteiger partial charge on any atom is -0.507 e. The summed E-state index contributed by atoms with van der Waals surface area (Å²) >= 11 is 14.9. The number of carbonyl (C=O) groups excluding carboxylic acids is 2. The Morgan fingerprint density at radius 3 is 2.54 bits per heavy atom. The van der Waals surface area contributed by atoms with Gasteiger partial charge in [-0.1, -0.05) is 88.8 Å². The number of ether oxygens (including phenoxy) is 2. The maximum absolute atomic E-state index is 13.5. The number of aliphatic hydroxyl groups excluding tert-OH is 1. The minimum absolute atomic E-state index is 0.0650. The molecule has 1 fully saturated rings. The number of Topliss-reactive ketones (excluding diaryl/α,β-unsaturated/α-hetero) is 1. The molecule has 4 aromatic rings. The number of aromatic nitrogens is 2. The lowest BCUT2D eigenvalue weighted by Crippen LogP contribution is -2.29. The molecule has 0 aliphatic carbocycles. The van der Waals surface area contributed by atoms with Crippen LogP contribution in [-0.4, -0.2) is 40.7 Å². The number of benzene rings is 3. The lowest BCUT2D eigenvalue weighted by molar-refractivity contribution is -0.132. The van der Waals surface area contributed by atoms with Gasteiger partial charge in [0.2, 0.25) is 5.13 Å². The predicted octanol–water partition coefficient (Wildman–Crippen LogP) is 7.17. The number of hydrogen-bond donors (Lipinski definition) is 1. The van der Waals surface area contributed by atoms with Gasteiger partial charge < -0.3 is 14.6 Å². The summed E-state index contributed by atoms with van der Waals surface area (Å²) in [4.78, 5) is 28.2. The van der Waals surface area contributed by atoms with Crippen LogP contribution in [0.1, 0.15) is 29.7 Å². The van der Waals surface area contributed by atoms with Gasteiger partial charge in [0.1, 0.15) is 5.76 Å². The molecule has 1 aliphatic rings. The van der Waals surface area contributed by atoms with Gasteiger partial charge in [-0.3, -0.25) is 14.5 Å². The van der Waals surface area contributed by atoms with Crippen molar-refractivity contribution in [3.8, 4) is 11.5 Å². The third kappa shape index (κ3) is 5.92. The first-order chi connectivity index (χ1) is 19.8. The molecule has 5 rings (SSSR count). The highest BCUT2D eigenvalue weighted by Gasteiger charge is 2.48. The number of nitrogens with zero attached hydrogens (tertiary/aromatic N) is 3. The molecule has 1 aliphatic heterocycles. The van der Waals surface area contributed by atoms with E-state index in [9.17, 15) is 14.7 Å². The lowest BCUT2D eigenvalue weighted by atomic mass is 9.95. The highest BCUT2D eigenvalue weighted by atomic mass is 35.5. The number of hydrogen-bond acceptors (Lipinski definition) is 9. The van der Waals surface area contributed by atoms with E-state index in [0.717, 1.165) is 16.9 Å². The summed E-state index contributed by atoms with van der Waals surface area (Å²) in [7, 11) is 1.50. The van der Waals surface area contributed by atoms with Crippen molar-refractivity contribution < 1.29 is 24.2 Å². The predicted molar refractivity (Wildman–Crippen MR) is 161 cm³/mol. The first-order valence-electron chi connectivity index (χ1n) is 12.4. The van der Waals surface area contributed by atoms with Gasteiger partial charge in [0.05, 0.1) is 25.3 Å². The quantitative estimate of drug-likeness (QED) is 0.0685. The fourth-order valence-electron chi connectivity index (χ4n) is 4.36. The first-order valence-corrected chi connectivity index (χ1v) is 15.0. The first kappa shape index (κ1) is 28.9. The van der Waals surface area contributed by atoms with E-state index >= 15 is 0 Å². The van der Waals surface area contributed by atoms with Crippen LogP contribution in [-0.2, 0) is 15.3 Å². The molecule has 0 bridgehead atoms. The largest absolute Gasteiger partial charge is 0.507 e. The van der Waals surface area contributed by atoms with Crippen LogP contribution < -0.4 is 14.4 Å². The number of methoxy groups -OCH3 is 1. The number of halogens is 2. The van der Waals surface area contributed by atoms with Gasteiger partial charge >= 0.3 is 5.91 Å². The molecular weight excluding hydrogens is 605 g/mol. The van der Waals surface area contributed by atoms with Crippen molar-refractivity contribution in [2.45, 2.75) is 23.1 Å². The van der Waals surface area contributed by atoms with Crippen LogP contribution in [0.4, 0.5) is 5.13 Å². The molecule has 1 atom stereocenters. The van der Waals surface area contributed by atoms with Gasteiger partial charge in [0.25, 0.3) is 5.78 Å². The molecule has 8 nitrogen and oxygen atoms in total. The van der Waals surface area contributed by atoms with Crippen molar-refractivity contribution in [2.75, 3.05) is 18.6 Å². The summed E-state index contributed by atoms with van der Waals surface area (Å²) in [5.41, 5.74) is 1.73. The fourth-order valence-corrected chi connectivity index (χ4v) is 6.79. The zero-order valence-corrected chi connectivity index (χ0v) is 25.0. The minimum atomic E-state index is -0.990. The van der Waals surface area contributed by atoms with Crippen LogP contribution in [0, 0.1) is 0 Å². The Morgan fingerprint density at radius 2 is 1.83 bits per heavy atom. The maximum Gasteiger partial charge on any atom is 0.301 e. The molecule has 1 aromatic heterocycles. The Balaban J connectivity index is 1.56. The second kappa shape index (κ2) is 12.5.